The lowest BCUT2D eigenvalue weighted by atomic mass is 9.95. The SMILES string of the molecule is CCc1cc2ccccc(-c3cccc4ccccc34)c-2c1. The van der Waals surface area contributed by atoms with E-state index in [-0.39, 0.29) is 0 Å². The normalized spacial score (nSPS) is 11.1. The first kappa shape index (κ1) is 13.1. The molecule has 2 aromatic rings. The van der Waals surface area contributed by atoms with Crippen LogP contribution in [0.4, 0.5) is 0 Å². The fourth-order valence-electron chi connectivity index (χ4n) is 3.26. The molecule has 0 amide bonds. The highest BCUT2D eigenvalue weighted by Gasteiger charge is 2.12. The Bertz CT molecular complexity index is 913. The van der Waals surface area contributed by atoms with Crippen molar-refractivity contribution in [1.29, 1.82) is 0 Å². The molecular weight excluding hydrogens is 264 g/mol. The van der Waals surface area contributed by atoms with Crippen LogP contribution < -0.4 is 0 Å². The zero-order valence-electron chi connectivity index (χ0n) is 12.7. The lowest BCUT2D eigenvalue weighted by Gasteiger charge is -2.09. The van der Waals surface area contributed by atoms with E-state index in [0.717, 1.165) is 6.42 Å². The molecule has 0 heterocycles. The molecule has 2 aliphatic carbocycles. The molecule has 0 aliphatic heterocycles. The Morgan fingerprint density at radius 1 is 0.636 bits per heavy atom. The van der Waals surface area contributed by atoms with Crippen molar-refractivity contribution in [2.45, 2.75) is 13.3 Å². The maximum Gasteiger partial charge on any atom is -0.00991 e. The molecule has 0 radical (unpaired) electrons. The first-order valence-electron chi connectivity index (χ1n) is 7.86. The molecule has 0 aromatic heterocycles. The summed E-state index contributed by atoms with van der Waals surface area (Å²) in [5, 5.41) is 2.61. The summed E-state index contributed by atoms with van der Waals surface area (Å²) in [6.45, 7) is 2.21. The summed E-state index contributed by atoms with van der Waals surface area (Å²) in [4.78, 5) is 0. The molecule has 2 aromatic carbocycles. The van der Waals surface area contributed by atoms with Crippen LogP contribution in [0, 0.1) is 0 Å². The number of benzene rings is 2. The Morgan fingerprint density at radius 2 is 1.36 bits per heavy atom. The molecule has 0 heteroatoms. The van der Waals surface area contributed by atoms with E-state index in [2.05, 4.69) is 85.8 Å². The number of hydrogen-bond donors (Lipinski definition) is 0. The van der Waals surface area contributed by atoms with Crippen molar-refractivity contribution in [2.24, 2.45) is 0 Å². The molecule has 0 atom stereocenters. The molecule has 0 N–H and O–H groups in total. The Labute approximate surface area is 131 Å². The minimum atomic E-state index is 1.08. The summed E-state index contributed by atoms with van der Waals surface area (Å²) < 4.78 is 0. The number of fused-ring (bicyclic) bond motifs is 2. The van der Waals surface area contributed by atoms with E-state index in [4.69, 9.17) is 0 Å². The predicted molar refractivity (Wildman–Crippen MR) is 95.4 cm³/mol. The highest BCUT2D eigenvalue weighted by atomic mass is 14.2. The smallest absolute Gasteiger partial charge is 0.00991 e. The van der Waals surface area contributed by atoms with E-state index in [0.29, 0.717) is 0 Å². The first-order chi connectivity index (χ1) is 10.9. The highest BCUT2D eigenvalue weighted by Crippen LogP contribution is 2.38. The second-order valence-electron chi connectivity index (χ2n) is 5.74. The minimum Gasteiger partial charge on any atom is -0.0616 e. The maximum absolute atomic E-state index is 2.34. The van der Waals surface area contributed by atoms with E-state index >= 15 is 0 Å². The van der Waals surface area contributed by atoms with Gasteiger partial charge in [-0.15, -0.1) is 0 Å². The topological polar surface area (TPSA) is 0 Å². The molecule has 4 rings (SSSR count). The van der Waals surface area contributed by atoms with Crippen LogP contribution in [0.25, 0.3) is 33.0 Å². The van der Waals surface area contributed by atoms with Crippen molar-refractivity contribution in [2.75, 3.05) is 0 Å². The lowest BCUT2D eigenvalue weighted by Crippen LogP contribution is -1.82. The summed E-state index contributed by atoms with van der Waals surface area (Å²) in [6.07, 6.45) is 1.08. The van der Waals surface area contributed by atoms with Crippen LogP contribution in [0.15, 0.2) is 78.9 Å². The molecule has 0 spiro atoms. The quantitative estimate of drug-likeness (QED) is 0.412. The molecule has 0 fully saturated rings. The van der Waals surface area contributed by atoms with Crippen molar-refractivity contribution in [3.63, 3.8) is 0 Å². The van der Waals surface area contributed by atoms with E-state index in [1.165, 1.54) is 38.6 Å². The molecule has 22 heavy (non-hydrogen) atoms. The molecule has 0 nitrogen and oxygen atoms in total. The van der Waals surface area contributed by atoms with Crippen molar-refractivity contribution in [3.05, 3.63) is 84.4 Å². The van der Waals surface area contributed by atoms with E-state index in [1.54, 1.807) is 0 Å². The minimum absolute atomic E-state index is 1.08. The molecular formula is C22H18. The zero-order chi connectivity index (χ0) is 14.9. The van der Waals surface area contributed by atoms with Gasteiger partial charge in [0.05, 0.1) is 0 Å². The van der Waals surface area contributed by atoms with Crippen molar-refractivity contribution in [1.82, 2.24) is 0 Å². The molecule has 0 bridgehead atoms. The second kappa shape index (κ2) is 5.31. The largest absolute Gasteiger partial charge is 0.0616 e. The Hall–Kier alpha value is -2.60. The lowest BCUT2D eigenvalue weighted by molar-refractivity contribution is 1.15. The van der Waals surface area contributed by atoms with E-state index in [9.17, 15) is 0 Å². The van der Waals surface area contributed by atoms with Crippen LogP contribution in [-0.2, 0) is 6.42 Å². The van der Waals surface area contributed by atoms with Gasteiger partial charge < -0.3 is 0 Å². The number of hydrogen-bond acceptors (Lipinski definition) is 0. The standard InChI is InChI=1S/C22H18/c1-2-16-14-18-9-4-6-12-21(22(18)15-16)20-13-7-10-17-8-3-5-11-19(17)20/h3-15H,2H2,1H3. The van der Waals surface area contributed by atoms with Crippen LogP contribution in [0.5, 0.6) is 0 Å². The molecule has 2 aliphatic rings. The van der Waals surface area contributed by atoms with Gasteiger partial charge in [-0.05, 0) is 45.0 Å². The van der Waals surface area contributed by atoms with Gasteiger partial charge in [-0.1, -0.05) is 85.8 Å². The molecule has 0 saturated carbocycles. The predicted octanol–water partition coefficient (Wildman–Crippen LogP) is 6.17. The van der Waals surface area contributed by atoms with Crippen molar-refractivity contribution < 1.29 is 0 Å². The zero-order valence-corrected chi connectivity index (χ0v) is 12.7. The fraction of sp³-hybridized carbons (Fsp3) is 0.0909. The van der Waals surface area contributed by atoms with Gasteiger partial charge in [0.25, 0.3) is 0 Å². The summed E-state index contributed by atoms with van der Waals surface area (Å²) in [5.74, 6) is 0. The number of aryl methyl sites for hydroxylation is 1. The van der Waals surface area contributed by atoms with Gasteiger partial charge in [0.15, 0.2) is 0 Å². The average Bonchev–Trinajstić information content (AvgIpc) is 2.88. The second-order valence-corrected chi connectivity index (χ2v) is 5.74. The van der Waals surface area contributed by atoms with Crippen LogP contribution in [0.3, 0.4) is 0 Å². The third kappa shape index (κ3) is 2.08. The van der Waals surface area contributed by atoms with Crippen molar-refractivity contribution in [3.8, 4) is 22.3 Å². The molecule has 106 valence electrons. The van der Waals surface area contributed by atoms with Crippen molar-refractivity contribution >= 4 is 10.8 Å². The van der Waals surface area contributed by atoms with Crippen LogP contribution in [0.2, 0.25) is 0 Å². The van der Waals surface area contributed by atoms with E-state index < -0.39 is 0 Å². The monoisotopic (exact) mass is 282 g/mol. The van der Waals surface area contributed by atoms with Crippen LogP contribution >= 0.6 is 0 Å². The summed E-state index contributed by atoms with van der Waals surface area (Å²) in [5.41, 5.74) is 6.70. The summed E-state index contributed by atoms with van der Waals surface area (Å²) in [6, 6.07) is 28.6. The Morgan fingerprint density at radius 3 is 2.27 bits per heavy atom. The molecule has 0 saturated heterocycles. The number of rotatable bonds is 2. The Kier molecular flexibility index (Phi) is 3.16. The highest BCUT2D eigenvalue weighted by molar-refractivity contribution is 6.00. The van der Waals surface area contributed by atoms with Gasteiger partial charge in [0.2, 0.25) is 0 Å². The third-order valence-electron chi connectivity index (χ3n) is 4.41. The summed E-state index contributed by atoms with van der Waals surface area (Å²) in [7, 11) is 0. The van der Waals surface area contributed by atoms with Crippen LogP contribution in [0.1, 0.15) is 12.5 Å². The van der Waals surface area contributed by atoms with Gasteiger partial charge in [-0.2, -0.15) is 0 Å². The Balaban J connectivity index is 2.05. The van der Waals surface area contributed by atoms with Gasteiger partial charge >= 0.3 is 0 Å². The van der Waals surface area contributed by atoms with Gasteiger partial charge in [0.1, 0.15) is 0 Å². The molecule has 0 unspecified atom stereocenters. The van der Waals surface area contributed by atoms with E-state index in [1.807, 2.05) is 0 Å². The average molecular weight is 282 g/mol. The van der Waals surface area contributed by atoms with Crippen LogP contribution in [-0.4, -0.2) is 0 Å². The fourth-order valence-corrected chi connectivity index (χ4v) is 3.26. The van der Waals surface area contributed by atoms with Gasteiger partial charge in [-0.25, -0.2) is 0 Å². The van der Waals surface area contributed by atoms with Gasteiger partial charge in [-0.3, -0.25) is 0 Å². The maximum atomic E-state index is 2.34. The first-order valence-corrected chi connectivity index (χ1v) is 7.86. The summed E-state index contributed by atoms with van der Waals surface area (Å²) >= 11 is 0. The third-order valence-corrected chi connectivity index (χ3v) is 4.41. The van der Waals surface area contributed by atoms with Gasteiger partial charge in [0, 0.05) is 0 Å².